The summed E-state index contributed by atoms with van der Waals surface area (Å²) in [6, 6.07) is 16.7. The van der Waals surface area contributed by atoms with E-state index in [0.29, 0.717) is 34.4 Å². The normalized spacial score (nSPS) is 14.2. The maximum Gasteiger partial charge on any atom is 0.268 e. The lowest BCUT2D eigenvalue weighted by molar-refractivity contribution is 0.102. The highest BCUT2D eigenvalue weighted by Crippen LogP contribution is 2.37. The van der Waals surface area contributed by atoms with E-state index in [2.05, 4.69) is 43.5 Å². The van der Waals surface area contributed by atoms with Crippen LogP contribution in [0.3, 0.4) is 0 Å². The van der Waals surface area contributed by atoms with Crippen molar-refractivity contribution < 1.29 is 4.79 Å². The van der Waals surface area contributed by atoms with Gasteiger partial charge in [-0.1, -0.05) is 12.1 Å². The Morgan fingerprint density at radius 1 is 0.978 bits per heavy atom. The topological polar surface area (TPSA) is 141 Å². The highest BCUT2D eigenvalue weighted by Gasteiger charge is 2.25. The number of carbonyl (C=O) groups is 1. The summed E-state index contributed by atoms with van der Waals surface area (Å²) in [5.74, 6) is 0.261. The van der Waals surface area contributed by atoms with E-state index >= 15 is 0 Å². The second-order valence-electron chi connectivity index (χ2n) is 11.7. The first-order valence-electron chi connectivity index (χ1n) is 15.2. The number of nitrogens with two attached hydrogens (primary N) is 1. The van der Waals surface area contributed by atoms with E-state index in [4.69, 9.17) is 5.73 Å². The van der Waals surface area contributed by atoms with Gasteiger partial charge in [-0.2, -0.15) is 10.2 Å². The molecule has 1 aliphatic heterocycles. The Kier molecular flexibility index (Phi) is 7.41. The van der Waals surface area contributed by atoms with Gasteiger partial charge in [-0.3, -0.25) is 23.8 Å². The minimum absolute atomic E-state index is 0.000786. The molecule has 6 aromatic rings. The van der Waals surface area contributed by atoms with Crippen molar-refractivity contribution in [3.63, 3.8) is 0 Å². The van der Waals surface area contributed by atoms with Crippen molar-refractivity contribution in [1.29, 1.82) is 0 Å². The number of pyridine rings is 2. The van der Waals surface area contributed by atoms with Crippen LogP contribution in [0.4, 0.5) is 11.5 Å². The van der Waals surface area contributed by atoms with Crippen LogP contribution in [-0.4, -0.2) is 64.9 Å². The lowest BCUT2D eigenvalue weighted by Gasteiger charge is -2.28. The Morgan fingerprint density at radius 3 is 2.46 bits per heavy atom. The number of nitrogens with one attached hydrogen (secondary N) is 1. The monoisotopic (exact) mass is 614 g/mol. The summed E-state index contributed by atoms with van der Waals surface area (Å²) in [6.45, 7) is 3.90. The number of aromatic nitrogens is 7. The molecule has 0 unspecified atom stereocenters. The molecule has 0 spiro atoms. The minimum Gasteiger partial charge on any atom is -0.382 e. The third kappa shape index (κ3) is 5.12. The zero-order valence-electron chi connectivity index (χ0n) is 25.9. The van der Waals surface area contributed by atoms with E-state index in [1.54, 1.807) is 41.5 Å². The standard InChI is InChI=1S/C34H34N10O2/c1-21-26(29-10-14-38-42(29)3)17-28(34(46)43(21)25-5-4-13-36-19-25)33(45)40-24-8-6-22(7-9-24)27-18-30(23-11-15-41(2)16-12-23)44-31(27)32(35)37-20-39-44/h4-10,13-14,17-20,23H,11-12,15-16H2,1-3H3,(H,40,45)(H2,35,37,39). The Hall–Kier alpha value is -5.62. The van der Waals surface area contributed by atoms with Crippen LogP contribution in [0, 0.1) is 6.92 Å². The number of aryl methyl sites for hydroxylation is 1. The third-order valence-corrected chi connectivity index (χ3v) is 8.89. The van der Waals surface area contributed by atoms with Gasteiger partial charge in [0.1, 0.15) is 17.4 Å². The molecule has 0 aliphatic carbocycles. The third-order valence-electron chi connectivity index (χ3n) is 8.89. The number of hydrogen-bond acceptors (Lipinski definition) is 8. The summed E-state index contributed by atoms with van der Waals surface area (Å²) in [7, 11) is 3.97. The number of rotatable bonds is 6. The highest BCUT2D eigenvalue weighted by molar-refractivity contribution is 6.05. The average Bonchev–Trinajstić information content (AvgIpc) is 3.67. The molecule has 6 heterocycles. The van der Waals surface area contributed by atoms with E-state index in [0.717, 1.165) is 54.0 Å². The lowest BCUT2D eigenvalue weighted by atomic mass is 9.93. The summed E-state index contributed by atoms with van der Waals surface area (Å²) in [5, 5.41) is 11.8. The van der Waals surface area contributed by atoms with Gasteiger partial charge >= 0.3 is 0 Å². The summed E-state index contributed by atoms with van der Waals surface area (Å²) in [6.07, 6.45) is 8.50. The first-order chi connectivity index (χ1) is 22.3. The van der Waals surface area contributed by atoms with Crippen molar-refractivity contribution in [3.8, 4) is 28.1 Å². The van der Waals surface area contributed by atoms with Gasteiger partial charge in [0.2, 0.25) is 0 Å². The molecule has 1 aliphatic rings. The van der Waals surface area contributed by atoms with Crippen LogP contribution in [-0.2, 0) is 7.05 Å². The fraction of sp³-hybridized carbons (Fsp3) is 0.235. The second-order valence-corrected chi connectivity index (χ2v) is 11.7. The number of benzene rings is 1. The Labute approximate surface area is 265 Å². The molecule has 5 aromatic heterocycles. The average molecular weight is 615 g/mol. The maximum absolute atomic E-state index is 13.8. The number of likely N-dealkylation sites (tertiary alicyclic amines) is 1. The van der Waals surface area contributed by atoms with E-state index < -0.39 is 11.5 Å². The molecule has 12 heteroatoms. The summed E-state index contributed by atoms with van der Waals surface area (Å²) >= 11 is 0. The van der Waals surface area contributed by atoms with Crippen molar-refractivity contribution in [2.75, 3.05) is 31.2 Å². The van der Waals surface area contributed by atoms with Gasteiger partial charge in [-0.25, -0.2) is 9.50 Å². The number of nitrogens with zero attached hydrogens (tertiary/aromatic N) is 8. The van der Waals surface area contributed by atoms with Crippen LogP contribution < -0.4 is 16.6 Å². The van der Waals surface area contributed by atoms with E-state index in [1.807, 2.05) is 48.8 Å². The molecule has 1 amide bonds. The van der Waals surface area contributed by atoms with Crippen LogP contribution in [0.1, 0.15) is 40.5 Å². The molecule has 0 bridgehead atoms. The molecule has 7 rings (SSSR count). The number of amides is 1. The van der Waals surface area contributed by atoms with Gasteiger partial charge < -0.3 is 16.0 Å². The molecule has 232 valence electrons. The molecular weight excluding hydrogens is 580 g/mol. The fourth-order valence-corrected chi connectivity index (χ4v) is 6.40. The minimum atomic E-state index is -0.518. The molecule has 1 saturated heterocycles. The van der Waals surface area contributed by atoms with Crippen LogP contribution in [0.15, 0.2) is 84.3 Å². The molecule has 0 saturated carbocycles. The molecule has 1 aromatic carbocycles. The van der Waals surface area contributed by atoms with Crippen molar-refractivity contribution in [1.82, 2.24) is 38.8 Å². The Bertz CT molecular complexity index is 2120. The first-order valence-corrected chi connectivity index (χ1v) is 15.2. The predicted molar refractivity (Wildman–Crippen MR) is 177 cm³/mol. The van der Waals surface area contributed by atoms with Crippen molar-refractivity contribution >= 4 is 22.9 Å². The molecule has 1 fully saturated rings. The van der Waals surface area contributed by atoms with Gasteiger partial charge in [0, 0.05) is 53.6 Å². The van der Waals surface area contributed by atoms with Gasteiger partial charge in [-0.05, 0) is 87.9 Å². The van der Waals surface area contributed by atoms with Crippen molar-refractivity contribution in [2.45, 2.75) is 25.7 Å². The van der Waals surface area contributed by atoms with E-state index in [9.17, 15) is 9.59 Å². The number of anilines is 2. The van der Waals surface area contributed by atoms with Crippen molar-refractivity contribution in [2.24, 2.45) is 7.05 Å². The number of hydrogen-bond donors (Lipinski definition) is 2. The molecule has 0 radical (unpaired) electrons. The van der Waals surface area contributed by atoms with E-state index in [-0.39, 0.29) is 5.56 Å². The SMILES string of the molecule is Cc1c(-c2ccnn2C)cc(C(=O)Nc2ccc(-c3cc(C4CCN(C)CC4)n4ncnc(N)c34)cc2)c(=O)n1-c1cccnc1. The maximum atomic E-state index is 13.8. The van der Waals surface area contributed by atoms with Crippen LogP contribution in [0.25, 0.3) is 33.6 Å². The number of nitrogen functional groups attached to an aromatic ring is 1. The van der Waals surface area contributed by atoms with Gasteiger partial charge in [0.25, 0.3) is 11.5 Å². The highest BCUT2D eigenvalue weighted by atomic mass is 16.2. The number of fused-ring (bicyclic) bond motifs is 1. The largest absolute Gasteiger partial charge is 0.382 e. The molecule has 12 nitrogen and oxygen atoms in total. The van der Waals surface area contributed by atoms with Crippen LogP contribution in [0.5, 0.6) is 0 Å². The van der Waals surface area contributed by atoms with Gasteiger partial charge in [0.05, 0.1) is 17.6 Å². The predicted octanol–water partition coefficient (Wildman–Crippen LogP) is 4.29. The summed E-state index contributed by atoms with van der Waals surface area (Å²) < 4.78 is 5.15. The van der Waals surface area contributed by atoms with Crippen LogP contribution in [0.2, 0.25) is 0 Å². The Morgan fingerprint density at radius 2 is 1.76 bits per heavy atom. The molecule has 3 N–H and O–H groups in total. The summed E-state index contributed by atoms with van der Waals surface area (Å²) in [5.41, 5.74) is 13.0. The number of piperidine rings is 1. The molecule has 0 atom stereocenters. The summed E-state index contributed by atoms with van der Waals surface area (Å²) in [4.78, 5) is 38.3. The quantitative estimate of drug-likeness (QED) is 0.283. The fourth-order valence-electron chi connectivity index (χ4n) is 6.40. The van der Waals surface area contributed by atoms with Crippen molar-refractivity contribution in [3.05, 3.63) is 107 Å². The second kappa shape index (κ2) is 11.7. The zero-order chi connectivity index (χ0) is 31.9. The van der Waals surface area contributed by atoms with Crippen LogP contribution >= 0.6 is 0 Å². The first kappa shape index (κ1) is 29.1. The van der Waals surface area contributed by atoms with Gasteiger partial charge in [0.15, 0.2) is 5.82 Å². The van der Waals surface area contributed by atoms with Gasteiger partial charge in [-0.15, -0.1) is 0 Å². The Balaban J connectivity index is 1.23. The number of carbonyl (C=O) groups excluding carboxylic acids is 1. The zero-order valence-corrected chi connectivity index (χ0v) is 25.9. The van der Waals surface area contributed by atoms with E-state index in [1.165, 1.54) is 10.9 Å². The smallest absolute Gasteiger partial charge is 0.268 e. The lowest BCUT2D eigenvalue weighted by Crippen LogP contribution is -2.30. The molecular formula is C34H34N10O2. The molecule has 46 heavy (non-hydrogen) atoms.